The van der Waals surface area contributed by atoms with Gasteiger partial charge in [-0.2, -0.15) is 0 Å². The maximum Gasteiger partial charge on any atom is 0.240 e. The molecule has 2 aromatic carbocycles. The van der Waals surface area contributed by atoms with E-state index in [0.29, 0.717) is 19.6 Å². The van der Waals surface area contributed by atoms with Crippen LogP contribution in [0.2, 0.25) is 0 Å². The van der Waals surface area contributed by atoms with Gasteiger partial charge in [0.15, 0.2) is 0 Å². The SMILES string of the molecule is O=C1N(Cc2nc3cc(Br)ccc3n2CCCCO)c2ccccc2C12CNC2. The number of carbonyl (C=O) groups is 1. The van der Waals surface area contributed by atoms with Crippen molar-refractivity contribution in [3.05, 3.63) is 58.3 Å². The fourth-order valence-corrected chi connectivity index (χ4v) is 4.87. The van der Waals surface area contributed by atoms with Gasteiger partial charge in [0.2, 0.25) is 5.91 Å². The van der Waals surface area contributed by atoms with Crippen LogP contribution < -0.4 is 10.2 Å². The molecule has 2 aliphatic heterocycles. The standard InChI is InChI=1S/C22H23BrN4O2/c23-15-7-8-19-17(11-15)25-20(26(19)9-3-4-10-28)12-27-18-6-2-1-5-16(18)22(21(27)29)13-24-14-22/h1-2,5-8,11,24,28H,3-4,9-10,12-14H2. The highest BCUT2D eigenvalue weighted by atomic mass is 79.9. The fraction of sp³-hybridized carbons (Fsp3) is 0.364. The first kappa shape index (κ1) is 18.8. The average Bonchev–Trinajstić information content (AvgIpc) is 3.14. The molecule has 150 valence electrons. The molecule has 0 saturated carbocycles. The second-order valence-corrected chi connectivity index (χ2v) is 8.75. The predicted molar refractivity (Wildman–Crippen MR) is 116 cm³/mol. The highest BCUT2D eigenvalue weighted by molar-refractivity contribution is 9.10. The number of nitrogens with one attached hydrogen (secondary N) is 1. The van der Waals surface area contributed by atoms with Crippen LogP contribution in [0.5, 0.6) is 0 Å². The maximum absolute atomic E-state index is 13.4. The van der Waals surface area contributed by atoms with Gasteiger partial charge in [-0.05, 0) is 42.7 Å². The van der Waals surface area contributed by atoms with Gasteiger partial charge in [0.05, 0.1) is 17.6 Å². The Bertz CT molecular complexity index is 1090. The van der Waals surface area contributed by atoms with Crippen LogP contribution in [0.4, 0.5) is 5.69 Å². The van der Waals surface area contributed by atoms with Crippen LogP contribution in [-0.2, 0) is 23.3 Å². The third-order valence-electron chi connectivity index (χ3n) is 6.10. The number of aliphatic hydroxyl groups excluding tert-OH is 1. The number of anilines is 1. The van der Waals surface area contributed by atoms with E-state index < -0.39 is 5.41 Å². The largest absolute Gasteiger partial charge is 0.396 e. The summed E-state index contributed by atoms with van der Waals surface area (Å²) >= 11 is 3.53. The summed E-state index contributed by atoms with van der Waals surface area (Å²) in [5.74, 6) is 1.04. The van der Waals surface area contributed by atoms with Crippen molar-refractivity contribution in [3.63, 3.8) is 0 Å². The van der Waals surface area contributed by atoms with E-state index in [2.05, 4.69) is 37.9 Å². The number of amides is 1. The van der Waals surface area contributed by atoms with Gasteiger partial charge in [0, 0.05) is 36.4 Å². The quantitative estimate of drug-likeness (QED) is 0.561. The summed E-state index contributed by atoms with van der Waals surface area (Å²) in [5.41, 5.74) is 3.66. The number of hydrogen-bond donors (Lipinski definition) is 2. The number of aryl methyl sites for hydroxylation is 1. The molecule has 0 unspecified atom stereocenters. The maximum atomic E-state index is 13.4. The van der Waals surface area contributed by atoms with E-state index in [1.165, 1.54) is 0 Å². The Morgan fingerprint density at radius 1 is 1.17 bits per heavy atom. The monoisotopic (exact) mass is 454 g/mol. The molecule has 5 rings (SSSR count). The number of fused-ring (bicyclic) bond motifs is 3. The minimum atomic E-state index is -0.423. The molecule has 1 saturated heterocycles. The van der Waals surface area contributed by atoms with E-state index in [-0.39, 0.29) is 12.5 Å². The Morgan fingerprint density at radius 3 is 2.76 bits per heavy atom. The molecule has 0 aliphatic carbocycles. The molecule has 1 spiro atoms. The van der Waals surface area contributed by atoms with E-state index in [9.17, 15) is 9.90 Å². The number of para-hydroxylation sites is 1. The van der Waals surface area contributed by atoms with E-state index >= 15 is 0 Å². The lowest BCUT2D eigenvalue weighted by Gasteiger charge is -2.38. The molecule has 0 bridgehead atoms. The molecule has 2 N–H and O–H groups in total. The summed E-state index contributed by atoms with van der Waals surface area (Å²) in [6.07, 6.45) is 1.61. The van der Waals surface area contributed by atoms with E-state index in [0.717, 1.165) is 52.0 Å². The molecule has 0 radical (unpaired) electrons. The van der Waals surface area contributed by atoms with Gasteiger partial charge in [-0.15, -0.1) is 0 Å². The van der Waals surface area contributed by atoms with Crippen LogP contribution in [0, 0.1) is 0 Å². The van der Waals surface area contributed by atoms with Crippen LogP contribution >= 0.6 is 15.9 Å². The summed E-state index contributed by atoms with van der Waals surface area (Å²) in [5, 5.41) is 12.5. The van der Waals surface area contributed by atoms with E-state index in [4.69, 9.17) is 4.98 Å². The first-order chi connectivity index (χ1) is 14.1. The van der Waals surface area contributed by atoms with Crippen molar-refractivity contribution in [2.45, 2.75) is 31.3 Å². The molecule has 3 heterocycles. The Morgan fingerprint density at radius 2 is 2.00 bits per heavy atom. The van der Waals surface area contributed by atoms with Gasteiger partial charge in [0.25, 0.3) is 0 Å². The first-order valence-electron chi connectivity index (χ1n) is 10.0. The van der Waals surface area contributed by atoms with Gasteiger partial charge >= 0.3 is 0 Å². The minimum absolute atomic E-state index is 0.160. The number of halogens is 1. The first-order valence-corrected chi connectivity index (χ1v) is 10.8. The number of imidazole rings is 1. The second kappa shape index (κ2) is 7.23. The Labute approximate surface area is 177 Å². The lowest BCUT2D eigenvalue weighted by Crippen LogP contribution is -2.61. The summed E-state index contributed by atoms with van der Waals surface area (Å²) in [6.45, 7) is 2.78. The van der Waals surface area contributed by atoms with Crippen LogP contribution in [0.25, 0.3) is 11.0 Å². The Balaban J connectivity index is 1.55. The third-order valence-corrected chi connectivity index (χ3v) is 6.59. The molecule has 1 fully saturated rings. The predicted octanol–water partition coefficient (Wildman–Crippen LogP) is 2.96. The zero-order valence-electron chi connectivity index (χ0n) is 16.1. The molecule has 7 heteroatoms. The van der Waals surface area contributed by atoms with Crippen molar-refractivity contribution < 1.29 is 9.90 Å². The average molecular weight is 455 g/mol. The van der Waals surface area contributed by atoms with Gasteiger partial charge in [-0.25, -0.2) is 4.98 Å². The summed E-state index contributed by atoms with van der Waals surface area (Å²) in [7, 11) is 0. The van der Waals surface area contributed by atoms with Crippen LogP contribution in [0.1, 0.15) is 24.2 Å². The van der Waals surface area contributed by atoms with Gasteiger partial charge in [-0.3, -0.25) is 4.79 Å². The fourth-order valence-electron chi connectivity index (χ4n) is 4.52. The summed E-state index contributed by atoms with van der Waals surface area (Å²) in [6, 6.07) is 14.2. The van der Waals surface area contributed by atoms with Crippen LogP contribution in [0.15, 0.2) is 46.9 Å². The van der Waals surface area contributed by atoms with Crippen molar-refractivity contribution in [1.29, 1.82) is 0 Å². The molecule has 1 aromatic heterocycles. The molecular formula is C22H23BrN4O2. The van der Waals surface area contributed by atoms with Gasteiger partial charge in [-0.1, -0.05) is 34.1 Å². The highest BCUT2D eigenvalue weighted by Crippen LogP contribution is 2.44. The smallest absolute Gasteiger partial charge is 0.240 e. The van der Waals surface area contributed by atoms with E-state index in [1.807, 2.05) is 35.2 Å². The molecule has 29 heavy (non-hydrogen) atoms. The number of aromatic nitrogens is 2. The number of benzene rings is 2. The third kappa shape index (κ3) is 2.91. The number of carbonyl (C=O) groups excluding carboxylic acids is 1. The molecule has 0 atom stereocenters. The summed E-state index contributed by atoms with van der Waals surface area (Å²) in [4.78, 5) is 20.2. The van der Waals surface area contributed by atoms with Gasteiger partial charge < -0.3 is 19.9 Å². The molecular weight excluding hydrogens is 432 g/mol. The zero-order chi connectivity index (χ0) is 20.0. The highest BCUT2D eigenvalue weighted by Gasteiger charge is 2.54. The van der Waals surface area contributed by atoms with Crippen molar-refractivity contribution in [2.75, 3.05) is 24.6 Å². The molecule has 2 aliphatic rings. The number of unbranched alkanes of at least 4 members (excludes halogenated alkanes) is 1. The summed E-state index contributed by atoms with van der Waals surface area (Å²) < 4.78 is 3.18. The molecule has 3 aromatic rings. The van der Waals surface area contributed by atoms with Crippen molar-refractivity contribution in [2.24, 2.45) is 0 Å². The van der Waals surface area contributed by atoms with E-state index in [1.54, 1.807) is 0 Å². The van der Waals surface area contributed by atoms with Crippen molar-refractivity contribution in [3.8, 4) is 0 Å². The topological polar surface area (TPSA) is 70.4 Å². The lowest BCUT2D eigenvalue weighted by molar-refractivity contribution is -0.125. The minimum Gasteiger partial charge on any atom is -0.396 e. The van der Waals surface area contributed by atoms with Crippen molar-refractivity contribution in [1.82, 2.24) is 14.9 Å². The lowest BCUT2D eigenvalue weighted by atomic mass is 9.76. The molecule has 6 nitrogen and oxygen atoms in total. The number of aliphatic hydroxyl groups is 1. The normalized spacial score (nSPS) is 17.2. The van der Waals surface area contributed by atoms with Crippen LogP contribution in [0.3, 0.4) is 0 Å². The Kier molecular flexibility index (Phi) is 4.69. The van der Waals surface area contributed by atoms with Crippen molar-refractivity contribution >= 4 is 38.6 Å². The van der Waals surface area contributed by atoms with Gasteiger partial charge in [0.1, 0.15) is 11.2 Å². The van der Waals surface area contributed by atoms with Crippen LogP contribution in [-0.4, -0.2) is 40.3 Å². The second-order valence-electron chi connectivity index (χ2n) is 7.84. The number of nitrogens with zero attached hydrogens (tertiary/aromatic N) is 3. The number of hydrogen-bond acceptors (Lipinski definition) is 4. The Hall–Kier alpha value is -2.22. The zero-order valence-corrected chi connectivity index (χ0v) is 17.7. The molecule has 1 amide bonds. The number of rotatable bonds is 6.